The molecule has 6 heteroatoms. The lowest BCUT2D eigenvalue weighted by Crippen LogP contribution is -2.14. The predicted octanol–water partition coefficient (Wildman–Crippen LogP) is 4.77. The summed E-state index contributed by atoms with van der Waals surface area (Å²) in [7, 11) is 1.86. The lowest BCUT2D eigenvalue weighted by molar-refractivity contribution is 0.552. The maximum Gasteiger partial charge on any atom is 0.148 e. The van der Waals surface area contributed by atoms with Gasteiger partial charge in [-0.05, 0) is 37.6 Å². The number of halogens is 3. The van der Waals surface area contributed by atoms with Gasteiger partial charge in [0.05, 0.1) is 17.7 Å². The monoisotopic (exact) mass is 321 g/mol. The van der Waals surface area contributed by atoms with Gasteiger partial charge in [-0.1, -0.05) is 0 Å². The molecule has 0 aliphatic carbocycles. The van der Waals surface area contributed by atoms with Gasteiger partial charge in [0.25, 0.3) is 0 Å². The summed E-state index contributed by atoms with van der Waals surface area (Å²) in [4.78, 5) is 6.09. The Morgan fingerprint density at radius 2 is 1.74 bits per heavy atom. The zero-order valence-electron chi connectivity index (χ0n) is 13.2. The third-order valence-corrected chi connectivity index (χ3v) is 3.32. The van der Waals surface area contributed by atoms with Crippen LogP contribution in [0.3, 0.4) is 0 Å². The second-order valence-corrected chi connectivity index (χ2v) is 5.22. The van der Waals surface area contributed by atoms with Gasteiger partial charge in [-0.3, -0.25) is 0 Å². The molecule has 122 valence electrons. The molecule has 0 fully saturated rings. The van der Waals surface area contributed by atoms with Crippen LogP contribution < -0.4 is 5.32 Å². The fraction of sp³-hybridized carbons (Fsp3) is 0.235. The second kappa shape index (κ2) is 7.17. The maximum atomic E-state index is 14.2. The van der Waals surface area contributed by atoms with Gasteiger partial charge in [-0.2, -0.15) is 0 Å². The van der Waals surface area contributed by atoms with Crippen LogP contribution in [-0.2, 0) is 0 Å². The van der Waals surface area contributed by atoms with E-state index in [4.69, 9.17) is 0 Å². The molecule has 0 spiro atoms. The quantitative estimate of drug-likeness (QED) is 0.635. The molecule has 0 saturated carbocycles. The van der Waals surface area contributed by atoms with Crippen LogP contribution in [0, 0.1) is 24.4 Å². The summed E-state index contributed by atoms with van der Waals surface area (Å²) in [5, 5.41) is 2.68. The first-order chi connectivity index (χ1) is 10.9. The Bertz CT molecular complexity index is 709. The average Bonchev–Trinajstić information content (AvgIpc) is 2.47. The van der Waals surface area contributed by atoms with Crippen molar-refractivity contribution in [3.63, 3.8) is 0 Å². The molecular formula is C17H18F3N3. The summed E-state index contributed by atoms with van der Waals surface area (Å²) in [6.07, 6.45) is 1.62. The van der Waals surface area contributed by atoms with Gasteiger partial charge in [0.1, 0.15) is 17.5 Å². The number of benzene rings is 2. The van der Waals surface area contributed by atoms with Crippen molar-refractivity contribution in [3.8, 4) is 0 Å². The summed E-state index contributed by atoms with van der Waals surface area (Å²) >= 11 is 0. The molecule has 2 aromatic rings. The Labute approximate surface area is 133 Å². The topological polar surface area (TPSA) is 27.6 Å². The predicted molar refractivity (Wildman–Crippen MR) is 87.2 cm³/mol. The van der Waals surface area contributed by atoms with Crippen LogP contribution in [-0.4, -0.2) is 24.8 Å². The van der Waals surface area contributed by atoms with Crippen molar-refractivity contribution in [3.05, 3.63) is 53.3 Å². The molecule has 0 heterocycles. The van der Waals surface area contributed by atoms with Crippen LogP contribution in [0.4, 0.5) is 30.2 Å². The van der Waals surface area contributed by atoms with Gasteiger partial charge in [0.15, 0.2) is 0 Å². The first-order valence-electron chi connectivity index (χ1n) is 7.16. The van der Waals surface area contributed by atoms with Crippen LogP contribution >= 0.6 is 0 Å². The molecule has 1 N–H and O–H groups in total. The minimum absolute atomic E-state index is 0.135. The van der Waals surface area contributed by atoms with Gasteiger partial charge >= 0.3 is 0 Å². The number of aryl methyl sites for hydroxylation is 1. The van der Waals surface area contributed by atoms with Crippen molar-refractivity contribution < 1.29 is 13.2 Å². The number of anilines is 2. The van der Waals surface area contributed by atoms with Crippen LogP contribution in [0.1, 0.15) is 12.5 Å². The van der Waals surface area contributed by atoms with Crippen molar-refractivity contribution in [2.75, 3.05) is 18.9 Å². The second-order valence-electron chi connectivity index (χ2n) is 5.22. The van der Waals surface area contributed by atoms with E-state index in [1.807, 2.05) is 18.9 Å². The number of aliphatic imine (C=N–C) groups is 1. The molecule has 0 bridgehead atoms. The summed E-state index contributed by atoms with van der Waals surface area (Å²) in [5.74, 6) is -2.01. The lowest BCUT2D eigenvalue weighted by Gasteiger charge is -2.12. The molecule has 0 aromatic heterocycles. The van der Waals surface area contributed by atoms with E-state index in [1.165, 1.54) is 6.07 Å². The fourth-order valence-electron chi connectivity index (χ4n) is 1.93. The first kappa shape index (κ1) is 16.9. The van der Waals surface area contributed by atoms with Gasteiger partial charge in [0.2, 0.25) is 0 Å². The zero-order chi connectivity index (χ0) is 17.0. The minimum Gasteiger partial charge on any atom is -0.366 e. The molecule has 0 amide bonds. The summed E-state index contributed by atoms with van der Waals surface area (Å²) in [5.41, 5.74) is 1.52. The number of rotatable bonds is 5. The highest BCUT2D eigenvalue weighted by atomic mass is 19.1. The SMILES string of the molecule is CCN(C)C=Nc1cc(F)c(Nc2cc(F)cc(F)c2)cc1C. The number of hydrogen-bond acceptors (Lipinski definition) is 2. The standard InChI is InChI=1S/C17H18F3N3/c1-4-23(3)10-21-16-9-15(20)17(5-11(16)2)22-14-7-12(18)6-13(19)8-14/h5-10,22H,4H2,1-3H3. The Morgan fingerprint density at radius 1 is 1.09 bits per heavy atom. The molecule has 0 aliphatic heterocycles. The van der Waals surface area contributed by atoms with Crippen LogP contribution in [0.2, 0.25) is 0 Å². The van der Waals surface area contributed by atoms with Gasteiger partial charge in [-0.15, -0.1) is 0 Å². The zero-order valence-corrected chi connectivity index (χ0v) is 13.2. The largest absolute Gasteiger partial charge is 0.366 e. The summed E-state index contributed by atoms with van der Waals surface area (Å²) < 4.78 is 40.6. The van der Waals surface area contributed by atoms with Crippen LogP contribution in [0.15, 0.2) is 35.3 Å². The Kier molecular flexibility index (Phi) is 5.26. The molecule has 0 atom stereocenters. The highest BCUT2D eigenvalue weighted by molar-refractivity contribution is 5.68. The smallest absolute Gasteiger partial charge is 0.148 e. The minimum atomic E-state index is -0.728. The molecule has 23 heavy (non-hydrogen) atoms. The summed E-state index contributed by atoms with van der Waals surface area (Å²) in [6.45, 7) is 4.55. The molecule has 0 radical (unpaired) electrons. The molecule has 0 saturated heterocycles. The van der Waals surface area contributed by atoms with Gasteiger partial charge in [-0.25, -0.2) is 18.2 Å². The maximum absolute atomic E-state index is 14.2. The molecule has 3 nitrogen and oxygen atoms in total. The third-order valence-electron chi connectivity index (χ3n) is 3.32. The molecule has 2 rings (SSSR count). The Balaban J connectivity index is 2.27. The first-order valence-corrected chi connectivity index (χ1v) is 7.16. The van der Waals surface area contributed by atoms with E-state index in [9.17, 15) is 13.2 Å². The van der Waals surface area contributed by atoms with Crippen LogP contribution in [0.5, 0.6) is 0 Å². The van der Waals surface area contributed by atoms with Crippen LogP contribution in [0.25, 0.3) is 0 Å². The third kappa shape index (κ3) is 4.48. The molecule has 0 unspecified atom stereocenters. The van der Waals surface area contributed by atoms with Crippen molar-refractivity contribution >= 4 is 23.4 Å². The number of nitrogens with zero attached hydrogens (tertiary/aromatic N) is 2. The van der Waals surface area contributed by atoms with E-state index in [2.05, 4.69) is 10.3 Å². The van der Waals surface area contributed by atoms with E-state index in [0.717, 1.165) is 30.3 Å². The highest BCUT2D eigenvalue weighted by Gasteiger charge is 2.09. The van der Waals surface area contributed by atoms with E-state index >= 15 is 0 Å². The Hall–Kier alpha value is -2.50. The number of nitrogens with one attached hydrogen (secondary N) is 1. The normalized spacial score (nSPS) is 11.0. The van der Waals surface area contributed by atoms with Gasteiger partial charge < -0.3 is 10.2 Å². The molecular weight excluding hydrogens is 303 g/mol. The van der Waals surface area contributed by atoms with Crippen molar-refractivity contribution in [1.82, 2.24) is 4.90 Å². The van der Waals surface area contributed by atoms with E-state index in [-0.39, 0.29) is 11.4 Å². The molecule has 2 aromatic carbocycles. The molecule has 0 aliphatic rings. The van der Waals surface area contributed by atoms with Crippen molar-refractivity contribution in [2.24, 2.45) is 4.99 Å². The van der Waals surface area contributed by atoms with E-state index in [0.29, 0.717) is 5.69 Å². The van der Waals surface area contributed by atoms with E-state index in [1.54, 1.807) is 19.3 Å². The fourth-order valence-corrected chi connectivity index (χ4v) is 1.93. The Morgan fingerprint density at radius 3 is 2.35 bits per heavy atom. The lowest BCUT2D eigenvalue weighted by atomic mass is 10.1. The number of hydrogen-bond donors (Lipinski definition) is 1. The highest BCUT2D eigenvalue weighted by Crippen LogP contribution is 2.28. The van der Waals surface area contributed by atoms with Crippen molar-refractivity contribution in [2.45, 2.75) is 13.8 Å². The average molecular weight is 321 g/mol. The van der Waals surface area contributed by atoms with Crippen molar-refractivity contribution in [1.29, 1.82) is 0 Å². The summed E-state index contributed by atoms with van der Waals surface area (Å²) in [6, 6.07) is 5.79. The van der Waals surface area contributed by atoms with Gasteiger partial charge in [0, 0.05) is 31.4 Å². The van der Waals surface area contributed by atoms with E-state index < -0.39 is 17.5 Å².